The molecule has 0 aliphatic rings. The second-order valence-corrected chi connectivity index (χ2v) is 7.66. The smallest absolute Gasteiger partial charge is 0.251 e. The van der Waals surface area contributed by atoms with E-state index in [9.17, 15) is 4.79 Å². The largest absolute Gasteiger partial charge is 0.346 e. The van der Waals surface area contributed by atoms with Gasteiger partial charge in [-0.1, -0.05) is 42.5 Å². The Hall–Kier alpha value is -2.13. The molecule has 0 unspecified atom stereocenters. The SMILES string of the molecule is C[N+](C)(C)CCNC(=O)c1ccc(CCCCc2ccccc2)cc1. The van der Waals surface area contributed by atoms with Gasteiger partial charge in [-0.2, -0.15) is 0 Å². The van der Waals surface area contributed by atoms with Gasteiger partial charge in [-0.05, 0) is 48.9 Å². The third-order valence-electron chi connectivity index (χ3n) is 4.31. The topological polar surface area (TPSA) is 29.1 Å². The van der Waals surface area contributed by atoms with Gasteiger partial charge in [0.15, 0.2) is 0 Å². The van der Waals surface area contributed by atoms with Gasteiger partial charge in [-0.15, -0.1) is 0 Å². The molecule has 0 radical (unpaired) electrons. The highest BCUT2D eigenvalue weighted by Gasteiger charge is 2.09. The van der Waals surface area contributed by atoms with Gasteiger partial charge in [0.05, 0.1) is 34.2 Å². The molecule has 0 saturated heterocycles. The first-order valence-electron chi connectivity index (χ1n) is 9.15. The van der Waals surface area contributed by atoms with Crippen LogP contribution >= 0.6 is 0 Å². The van der Waals surface area contributed by atoms with Crippen molar-refractivity contribution in [3.8, 4) is 0 Å². The predicted molar refractivity (Wildman–Crippen MR) is 105 cm³/mol. The first-order chi connectivity index (χ1) is 11.9. The summed E-state index contributed by atoms with van der Waals surface area (Å²) in [5.74, 6) is 0.0177. The van der Waals surface area contributed by atoms with Crippen molar-refractivity contribution in [3.63, 3.8) is 0 Å². The van der Waals surface area contributed by atoms with Crippen LogP contribution in [0.4, 0.5) is 0 Å². The minimum atomic E-state index is 0.0177. The number of nitrogens with zero attached hydrogens (tertiary/aromatic N) is 1. The Labute approximate surface area is 152 Å². The van der Waals surface area contributed by atoms with Crippen molar-refractivity contribution in [2.75, 3.05) is 34.2 Å². The van der Waals surface area contributed by atoms with Crippen molar-refractivity contribution >= 4 is 5.91 Å². The van der Waals surface area contributed by atoms with E-state index in [-0.39, 0.29) is 5.91 Å². The quantitative estimate of drug-likeness (QED) is 0.548. The number of rotatable bonds is 9. The van der Waals surface area contributed by atoms with E-state index < -0.39 is 0 Å². The van der Waals surface area contributed by atoms with Crippen LogP contribution in [0.5, 0.6) is 0 Å². The molecule has 0 aromatic heterocycles. The lowest BCUT2D eigenvalue weighted by molar-refractivity contribution is -0.869. The Balaban J connectivity index is 1.71. The van der Waals surface area contributed by atoms with Crippen molar-refractivity contribution in [3.05, 3.63) is 71.3 Å². The Morgan fingerprint density at radius 3 is 1.96 bits per heavy atom. The number of quaternary nitrogens is 1. The van der Waals surface area contributed by atoms with E-state index in [1.807, 2.05) is 12.1 Å². The molecular weight excluding hydrogens is 308 g/mol. The van der Waals surface area contributed by atoms with Crippen LogP contribution in [0.3, 0.4) is 0 Å². The molecule has 3 heteroatoms. The van der Waals surface area contributed by atoms with Gasteiger partial charge in [-0.3, -0.25) is 4.79 Å². The highest BCUT2D eigenvalue weighted by Crippen LogP contribution is 2.10. The van der Waals surface area contributed by atoms with Gasteiger partial charge in [0.2, 0.25) is 0 Å². The van der Waals surface area contributed by atoms with Crippen molar-refractivity contribution in [2.45, 2.75) is 25.7 Å². The molecule has 1 N–H and O–H groups in total. The molecule has 2 aromatic carbocycles. The van der Waals surface area contributed by atoms with E-state index in [1.165, 1.54) is 24.0 Å². The molecule has 0 fully saturated rings. The molecule has 0 bridgehead atoms. The third kappa shape index (κ3) is 7.53. The van der Waals surface area contributed by atoms with Gasteiger partial charge < -0.3 is 9.80 Å². The van der Waals surface area contributed by atoms with E-state index >= 15 is 0 Å². The zero-order chi connectivity index (χ0) is 18.1. The summed E-state index contributed by atoms with van der Waals surface area (Å²) in [4.78, 5) is 12.1. The lowest BCUT2D eigenvalue weighted by Gasteiger charge is -2.23. The van der Waals surface area contributed by atoms with Crippen LogP contribution in [0.1, 0.15) is 34.3 Å². The number of aryl methyl sites for hydroxylation is 2. The average Bonchev–Trinajstić information content (AvgIpc) is 2.59. The molecule has 0 aliphatic carbocycles. The Kier molecular flexibility index (Phi) is 7.20. The minimum Gasteiger partial charge on any atom is -0.346 e. The van der Waals surface area contributed by atoms with E-state index in [1.54, 1.807) is 0 Å². The fraction of sp³-hybridized carbons (Fsp3) is 0.409. The summed E-state index contributed by atoms with van der Waals surface area (Å²) in [6.07, 6.45) is 4.56. The number of hydrogen-bond donors (Lipinski definition) is 1. The van der Waals surface area contributed by atoms with Gasteiger partial charge in [-0.25, -0.2) is 0 Å². The standard InChI is InChI=1S/C22H30N2O/c1-24(2,3)18-17-23-22(25)21-15-13-20(14-16-21)12-8-7-11-19-9-5-4-6-10-19/h4-6,9-10,13-16H,7-8,11-12,17-18H2,1-3H3/p+1. The van der Waals surface area contributed by atoms with Crippen molar-refractivity contribution < 1.29 is 9.28 Å². The summed E-state index contributed by atoms with van der Waals surface area (Å²) in [5.41, 5.74) is 3.45. The summed E-state index contributed by atoms with van der Waals surface area (Å²) in [7, 11) is 6.37. The monoisotopic (exact) mass is 339 g/mol. The maximum absolute atomic E-state index is 12.1. The maximum atomic E-state index is 12.1. The Morgan fingerprint density at radius 2 is 1.40 bits per heavy atom. The fourth-order valence-electron chi connectivity index (χ4n) is 2.73. The van der Waals surface area contributed by atoms with E-state index in [4.69, 9.17) is 0 Å². The second kappa shape index (κ2) is 9.38. The summed E-state index contributed by atoms with van der Waals surface area (Å²) in [5, 5.41) is 2.99. The zero-order valence-corrected chi connectivity index (χ0v) is 15.8. The van der Waals surface area contributed by atoms with Crippen LogP contribution in [-0.4, -0.2) is 44.6 Å². The molecule has 134 valence electrons. The first-order valence-corrected chi connectivity index (χ1v) is 9.15. The van der Waals surface area contributed by atoms with Crippen molar-refractivity contribution in [1.29, 1.82) is 0 Å². The number of likely N-dealkylation sites (N-methyl/N-ethyl adjacent to an activating group) is 1. The Morgan fingerprint density at radius 1 is 0.840 bits per heavy atom. The minimum absolute atomic E-state index is 0.0177. The number of carbonyl (C=O) groups is 1. The van der Waals surface area contributed by atoms with E-state index in [0.717, 1.165) is 29.4 Å². The van der Waals surface area contributed by atoms with Crippen molar-refractivity contribution in [2.24, 2.45) is 0 Å². The number of nitrogens with one attached hydrogen (secondary N) is 1. The molecule has 25 heavy (non-hydrogen) atoms. The van der Waals surface area contributed by atoms with Crippen LogP contribution in [0.2, 0.25) is 0 Å². The molecule has 0 spiro atoms. The van der Waals surface area contributed by atoms with Gasteiger partial charge >= 0.3 is 0 Å². The lowest BCUT2D eigenvalue weighted by atomic mass is 10.0. The molecular formula is C22H31N2O+. The second-order valence-electron chi connectivity index (χ2n) is 7.66. The normalized spacial score (nSPS) is 11.3. The van der Waals surface area contributed by atoms with Crippen LogP contribution < -0.4 is 5.32 Å². The zero-order valence-electron chi connectivity index (χ0n) is 15.8. The number of amides is 1. The summed E-state index contributed by atoms with van der Waals surface area (Å²) in [6, 6.07) is 18.7. The number of hydrogen-bond acceptors (Lipinski definition) is 1. The predicted octanol–water partition coefficient (Wildman–Crippen LogP) is 3.69. The molecule has 2 rings (SSSR count). The van der Waals surface area contributed by atoms with Gasteiger partial charge in [0.1, 0.15) is 0 Å². The molecule has 1 amide bonds. The van der Waals surface area contributed by atoms with Crippen molar-refractivity contribution in [1.82, 2.24) is 5.32 Å². The maximum Gasteiger partial charge on any atom is 0.251 e. The first kappa shape index (κ1) is 19.2. The summed E-state index contributed by atoms with van der Waals surface area (Å²) in [6.45, 7) is 1.62. The average molecular weight is 340 g/mol. The number of carbonyl (C=O) groups excluding carboxylic acids is 1. The Bertz CT molecular complexity index is 642. The lowest BCUT2D eigenvalue weighted by Crippen LogP contribution is -2.41. The van der Waals surface area contributed by atoms with E-state index in [2.05, 4.69) is 68.9 Å². The van der Waals surface area contributed by atoms with Crippen LogP contribution in [0.15, 0.2) is 54.6 Å². The molecule has 0 aliphatic heterocycles. The molecule has 2 aromatic rings. The van der Waals surface area contributed by atoms with Gasteiger partial charge in [0.25, 0.3) is 5.91 Å². The molecule has 3 nitrogen and oxygen atoms in total. The summed E-state index contributed by atoms with van der Waals surface area (Å²) >= 11 is 0. The fourth-order valence-corrected chi connectivity index (χ4v) is 2.73. The van der Waals surface area contributed by atoms with E-state index in [0.29, 0.717) is 6.54 Å². The van der Waals surface area contributed by atoms with Gasteiger partial charge in [0, 0.05) is 5.56 Å². The summed E-state index contributed by atoms with van der Waals surface area (Å²) < 4.78 is 0.849. The molecule has 0 saturated carbocycles. The van der Waals surface area contributed by atoms with Crippen LogP contribution in [0, 0.1) is 0 Å². The highest BCUT2D eigenvalue weighted by atomic mass is 16.1. The number of unbranched alkanes of at least 4 members (excludes halogenated alkanes) is 1. The molecule has 0 heterocycles. The molecule has 0 atom stereocenters. The highest BCUT2D eigenvalue weighted by molar-refractivity contribution is 5.94. The van der Waals surface area contributed by atoms with Crippen LogP contribution in [-0.2, 0) is 12.8 Å². The number of benzene rings is 2. The van der Waals surface area contributed by atoms with Crippen LogP contribution in [0.25, 0.3) is 0 Å². The third-order valence-corrected chi connectivity index (χ3v) is 4.31.